The molecule has 0 bridgehead atoms. The molecule has 0 radical (unpaired) electrons. The molecule has 3 nitrogen and oxygen atoms in total. The van der Waals surface area contributed by atoms with E-state index in [4.69, 9.17) is 32.6 Å². The van der Waals surface area contributed by atoms with Gasteiger partial charge in [-0.3, -0.25) is 0 Å². The Balaban J connectivity index is 1.93. The second-order valence-corrected chi connectivity index (χ2v) is 6.99. The minimum Gasteiger partial charge on any atom is -0.458 e. The molecule has 0 aliphatic heterocycles. The summed E-state index contributed by atoms with van der Waals surface area (Å²) in [6.07, 6.45) is 0. The Bertz CT molecular complexity index is 1080. The fourth-order valence-corrected chi connectivity index (χ4v) is 3.33. The Kier molecular flexibility index (Phi) is 4.06. The van der Waals surface area contributed by atoms with E-state index in [1.165, 1.54) is 11.1 Å². The van der Waals surface area contributed by atoms with Gasteiger partial charge in [0.05, 0.1) is 21.1 Å². The van der Waals surface area contributed by atoms with E-state index < -0.39 is 0 Å². The molecule has 0 aliphatic carbocycles. The molecular weight excluding hydrogens is 355 g/mol. The number of imidazole rings is 1. The zero-order valence-electron chi connectivity index (χ0n) is 13.9. The molecule has 0 amide bonds. The summed E-state index contributed by atoms with van der Waals surface area (Å²) in [5, 5.41) is 1.01. The van der Waals surface area contributed by atoms with Crippen molar-refractivity contribution in [2.24, 2.45) is 0 Å². The number of halogens is 2. The van der Waals surface area contributed by atoms with Crippen LogP contribution in [0, 0.1) is 13.8 Å². The molecule has 0 saturated carbocycles. The van der Waals surface area contributed by atoms with E-state index >= 15 is 0 Å². The Hall–Kier alpha value is -2.23. The summed E-state index contributed by atoms with van der Waals surface area (Å²) in [6, 6.07) is 16.0. The topological polar surface area (TPSA) is 31.0 Å². The van der Waals surface area contributed by atoms with Gasteiger partial charge in [0.25, 0.3) is 0 Å². The van der Waals surface area contributed by atoms with Crippen molar-refractivity contribution in [3.63, 3.8) is 0 Å². The van der Waals surface area contributed by atoms with E-state index in [0.717, 1.165) is 28.4 Å². The molecule has 0 N–H and O–H groups in total. The minimum absolute atomic E-state index is 0.497. The quantitative estimate of drug-likeness (QED) is 0.425. The molecule has 0 spiro atoms. The van der Waals surface area contributed by atoms with Crippen molar-refractivity contribution in [3.8, 4) is 11.6 Å². The van der Waals surface area contributed by atoms with Crippen LogP contribution in [0.4, 0.5) is 0 Å². The molecule has 0 atom stereocenters. The van der Waals surface area contributed by atoms with Crippen LogP contribution in [-0.2, 0) is 6.54 Å². The number of benzene rings is 2. The summed E-state index contributed by atoms with van der Waals surface area (Å²) in [5.74, 6) is 2.34. The number of nitrogens with zero attached hydrogens (tertiary/aromatic N) is 2. The largest absolute Gasteiger partial charge is 0.458 e. The molecule has 126 valence electrons. The zero-order valence-corrected chi connectivity index (χ0v) is 15.4. The Morgan fingerprint density at radius 1 is 1.00 bits per heavy atom. The van der Waals surface area contributed by atoms with Crippen LogP contribution < -0.4 is 0 Å². The number of rotatable bonds is 3. The van der Waals surface area contributed by atoms with Crippen molar-refractivity contribution >= 4 is 34.2 Å². The summed E-state index contributed by atoms with van der Waals surface area (Å²) in [6.45, 7) is 4.68. The molecule has 2 aromatic carbocycles. The fourth-order valence-electron chi connectivity index (χ4n) is 3.02. The lowest BCUT2D eigenvalue weighted by molar-refractivity contribution is 0.540. The lowest BCUT2D eigenvalue weighted by Gasteiger charge is -2.09. The summed E-state index contributed by atoms with van der Waals surface area (Å²) in [7, 11) is 0. The standard InChI is InChI=1S/C20H16Cl2N2O/c1-12-4-3-5-14(8-12)11-24-18-10-16(22)15(21)9-17(18)23-20(24)19-7-6-13(2)25-19/h3-10H,11H2,1-2H3. The van der Waals surface area contributed by atoms with Gasteiger partial charge in [0.2, 0.25) is 0 Å². The van der Waals surface area contributed by atoms with Crippen molar-refractivity contribution in [1.82, 2.24) is 9.55 Å². The second-order valence-electron chi connectivity index (χ2n) is 6.18. The lowest BCUT2D eigenvalue weighted by Crippen LogP contribution is -2.02. The van der Waals surface area contributed by atoms with Gasteiger partial charge in [0, 0.05) is 6.54 Å². The van der Waals surface area contributed by atoms with Crippen molar-refractivity contribution in [1.29, 1.82) is 0 Å². The van der Waals surface area contributed by atoms with Gasteiger partial charge in [0.1, 0.15) is 5.76 Å². The van der Waals surface area contributed by atoms with Gasteiger partial charge in [-0.05, 0) is 43.7 Å². The fraction of sp³-hybridized carbons (Fsp3) is 0.150. The Morgan fingerprint density at radius 2 is 1.80 bits per heavy atom. The van der Waals surface area contributed by atoms with Crippen LogP contribution in [-0.4, -0.2) is 9.55 Å². The molecule has 25 heavy (non-hydrogen) atoms. The Labute approximate surface area is 155 Å². The molecule has 2 heterocycles. The molecular formula is C20H16Cl2N2O. The lowest BCUT2D eigenvalue weighted by atomic mass is 10.1. The summed E-state index contributed by atoms with van der Waals surface area (Å²) in [5.41, 5.74) is 4.14. The first-order valence-corrected chi connectivity index (χ1v) is 8.74. The molecule has 2 aromatic heterocycles. The highest BCUT2D eigenvalue weighted by Crippen LogP contribution is 2.32. The average Bonchev–Trinajstić information content (AvgIpc) is 3.13. The normalized spacial score (nSPS) is 11.4. The highest BCUT2D eigenvalue weighted by atomic mass is 35.5. The van der Waals surface area contributed by atoms with E-state index in [1.54, 1.807) is 6.07 Å². The molecule has 4 rings (SSSR count). The van der Waals surface area contributed by atoms with Crippen molar-refractivity contribution in [2.45, 2.75) is 20.4 Å². The number of hydrogen-bond acceptors (Lipinski definition) is 2. The predicted octanol–water partition coefficient (Wildman–Crippen LogP) is 6.27. The van der Waals surface area contributed by atoms with Crippen molar-refractivity contribution in [3.05, 3.63) is 75.5 Å². The molecule has 5 heteroatoms. The number of furan rings is 1. The maximum absolute atomic E-state index is 6.25. The van der Waals surface area contributed by atoms with Gasteiger partial charge in [-0.2, -0.15) is 0 Å². The zero-order chi connectivity index (χ0) is 17.6. The number of fused-ring (bicyclic) bond motifs is 1. The maximum Gasteiger partial charge on any atom is 0.177 e. The van der Waals surface area contributed by atoms with Gasteiger partial charge < -0.3 is 8.98 Å². The van der Waals surface area contributed by atoms with E-state index in [0.29, 0.717) is 16.6 Å². The molecule has 0 aliphatic rings. The van der Waals surface area contributed by atoms with Crippen LogP contribution in [0.5, 0.6) is 0 Å². The summed E-state index contributed by atoms with van der Waals surface area (Å²) in [4.78, 5) is 4.74. The maximum atomic E-state index is 6.25. The van der Waals surface area contributed by atoms with E-state index in [1.807, 2.05) is 25.1 Å². The van der Waals surface area contributed by atoms with E-state index in [9.17, 15) is 0 Å². The van der Waals surface area contributed by atoms with Crippen LogP contribution in [0.1, 0.15) is 16.9 Å². The predicted molar refractivity (Wildman–Crippen MR) is 102 cm³/mol. The average molecular weight is 371 g/mol. The van der Waals surface area contributed by atoms with Crippen LogP contribution >= 0.6 is 23.2 Å². The van der Waals surface area contributed by atoms with E-state index in [-0.39, 0.29) is 0 Å². The highest BCUT2D eigenvalue weighted by molar-refractivity contribution is 6.42. The van der Waals surface area contributed by atoms with Crippen LogP contribution in [0.3, 0.4) is 0 Å². The summed E-state index contributed by atoms with van der Waals surface area (Å²) >= 11 is 12.4. The van der Waals surface area contributed by atoms with Crippen LogP contribution in [0.15, 0.2) is 52.9 Å². The smallest absolute Gasteiger partial charge is 0.177 e. The first-order chi connectivity index (χ1) is 12.0. The first-order valence-electron chi connectivity index (χ1n) is 7.99. The SMILES string of the molecule is Cc1cccc(Cn2c(-c3ccc(C)o3)nc3cc(Cl)c(Cl)cc32)c1. The highest BCUT2D eigenvalue weighted by Gasteiger charge is 2.17. The number of aryl methyl sites for hydroxylation is 2. The van der Waals surface area contributed by atoms with E-state index in [2.05, 4.69) is 35.8 Å². The van der Waals surface area contributed by atoms with Gasteiger partial charge in [-0.1, -0.05) is 53.0 Å². The van der Waals surface area contributed by atoms with Gasteiger partial charge in [0.15, 0.2) is 11.6 Å². The monoisotopic (exact) mass is 370 g/mol. The minimum atomic E-state index is 0.497. The summed E-state index contributed by atoms with van der Waals surface area (Å²) < 4.78 is 7.93. The molecule has 0 saturated heterocycles. The third kappa shape index (κ3) is 3.06. The third-order valence-electron chi connectivity index (χ3n) is 4.17. The number of aromatic nitrogens is 2. The third-order valence-corrected chi connectivity index (χ3v) is 4.90. The van der Waals surface area contributed by atoms with Gasteiger partial charge in [-0.15, -0.1) is 0 Å². The van der Waals surface area contributed by atoms with Gasteiger partial charge in [-0.25, -0.2) is 4.98 Å². The second kappa shape index (κ2) is 6.25. The van der Waals surface area contributed by atoms with Gasteiger partial charge >= 0.3 is 0 Å². The first kappa shape index (κ1) is 16.2. The molecule has 0 unspecified atom stereocenters. The van der Waals surface area contributed by atoms with Crippen LogP contribution in [0.2, 0.25) is 10.0 Å². The number of hydrogen-bond donors (Lipinski definition) is 0. The molecule has 0 fully saturated rings. The van der Waals surface area contributed by atoms with Crippen molar-refractivity contribution in [2.75, 3.05) is 0 Å². The molecule has 4 aromatic rings. The van der Waals surface area contributed by atoms with Crippen molar-refractivity contribution < 1.29 is 4.42 Å². The Morgan fingerprint density at radius 3 is 2.52 bits per heavy atom. The van der Waals surface area contributed by atoms with Crippen LogP contribution in [0.25, 0.3) is 22.6 Å².